The summed E-state index contributed by atoms with van der Waals surface area (Å²) in [5, 5.41) is 16.5. The van der Waals surface area contributed by atoms with E-state index in [9.17, 15) is 0 Å². The van der Waals surface area contributed by atoms with Crippen molar-refractivity contribution in [3.8, 4) is 0 Å². The van der Waals surface area contributed by atoms with Crippen LogP contribution >= 0.6 is 0 Å². The Bertz CT molecular complexity index is 294. The van der Waals surface area contributed by atoms with Crippen molar-refractivity contribution in [2.75, 3.05) is 13.2 Å². The topological polar surface area (TPSA) is 63.0 Å². The third-order valence-corrected chi connectivity index (χ3v) is 2.95. The number of aliphatic hydroxyl groups is 1. The second-order valence-corrected chi connectivity index (χ2v) is 4.29. The lowest BCUT2D eigenvalue weighted by atomic mass is 10.0. The predicted molar refractivity (Wildman–Crippen MR) is 67.5 cm³/mol. The summed E-state index contributed by atoms with van der Waals surface area (Å²) in [6.45, 7) is 7.05. The third-order valence-electron chi connectivity index (χ3n) is 2.95. The van der Waals surface area contributed by atoms with Gasteiger partial charge >= 0.3 is 0 Å². The summed E-state index contributed by atoms with van der Waals surface area (Å²) in [7, 11) is 0. The maximum Gasteiger partial charge on any atom is 0.140 e. The van der Waals surface area contributed by atoms with Crippen molar-refractivity contribution < 1.29 is 5.11 Å². The number of nitrogens with one attached hydrogen (secondary N) is 1. The van der Waals surface area contributed by atoms with Gasteiger partial charge in [0.1, 0.15) is 12.2 Å². The number of hydrogen-bond donors (Lipinski definition) is 2. The van der Waals surface area contributed by atoms with E-state index in [1.807, 2.05) is 4.68 Å². The van der Waals surface area contributed by atoms with Crippen LogP contribution < -0.4 is 5.32 Å². The fourth-order valence-electron chi connectivity index (χ4n) is 2.02. The summed E-state index contributed by atoms with van der Waals surface area (Å²) in [6, 6.07) is 0. The van der Waals surface area contributed by atoms with E-state index >= 15 is 0 Å². The summed E-state index contributed by atoms with van der Waals surface area (Å²) >= 11 is 0. The van der Waals surface area contributed by atoms with Gasteiger partial charge in [0.15, 0.2) is 0 Å². The van der Waals surface area contributed by atoms with E-state index < -0.39 is 0 Å². The molecule has 0 amide bonds. The molecule has 17 heavy (non-hydrogen) atoms. The molecule has 0 aliphatic rings. The molecule has 0 spiro atoms. The maximum atomic E-state index is 8.97. The molecule has 98 valence electrons. The second-order valence-electron chi connectivity index (χ2n) is 4.29. The van der Waals surface area contributed by atoms with Crippen LogP contribution in [0.5, 0.6) is 0 Å². The normalized spacial score (nSPS) is 12.9. The van der Waals surface area contributed by atoms with Gasteiger partial charge in [-0.05, 0) is 32.2 Å². The highest BCUT2D eigenvalue weighted by Gasteiger charge is 2.08. The monoisotopic (exact) mass is 240 g/mol. The Balaban J connectivity index is 2.30. The van der Waals surface area contributed by atoms with Gasteiger partial charge in [-0.1, -0.05) is 13.3 Å². The van der Waals surface area contributed by atoms with Crippen LogP contribution in [0.4, 0.5) is 0 Å². The molecule has 1 heterocycles. The summed E-state index contributed by atoms with van der Waals surface area (Å²) in [5.74, 6) is 1.54. The first-order valence-electron chi connectivity index (χ1n) is 6.50. The molecule has 0 aliphatic carbocycles. The van der Waals surface area contributed by atoms with Gasteiger partial charge in [0.25, 0.3) is 0 Å². The van der Waals surface area contributed by atoms with Crippen LogP contribution in [0.3, 0.4) is 0 Å². The van der Waals surface area contributed by atoms with Crippen molar-refractivity contribution in [1.82, 2.24) is 20.1 Å². The zero-order valence-corrected chi connectivity index (χ0v) is 10.9. The minimum Gasteiger partial charge on any atom is -0.396 e. The van der Waals surface area contributed by atoms with Crippen molar-refractivity contribution in [1.29, 1.82) is 0 Å². The van der Waals surface area contributed by atoms with Crippen LogP contribution in [0, 0.1) is 5.92 Å². The second kappa shape index (κ2) is 8.20. The van der Waals surface area contributed by atoms with Gasteiger partial charge in [-0.2, -0.15) is 5.10 Å². The lowest BCUT2D eigenvalue weighted by Gasteiger charge is -2.15. The lowest BCUT2D eigenvalue weighted by Crippen LogP contribution is -2.25. The van der Waals surface area contributed by atoms with Gasteiger partial charge in [0.2, 0.25) is 0 Å². The Morgan fingerprint density at radius 1 is 1.41 bits per heavy atom. The van der Waals surface area contributed by atoms with Crippen LogP contribution in [-0.4, -0.2) is 33.0 Å². The van der Waals surface area contributed by atoms with Gasteiger partial charge in [-0.3, -0.25) is 0 Å². The van der Waals surface area contributed by atoms with Gasteiger partial charge < -0.3 is 10.4 Å². The van der Waals surface area contributed by atoms with E-state index in [1.165, 1.54) is 0 Å². The minimum atomic E-state index is 0.275. The summed E-state index contributed by atoms with van der Waals surface area (Å²) in [5.41, 5.74) is 0. The highest BCUT2D eigenvalue weighted by atomic mass is 16.3. The molecule has 1 rings (SSSR count). The van der Waals surface area contributed by atoms with Crippen molar-refractivity contribution in [3.63, 3.8) is 0 Å². The van der Waals surface area contributed by atoms with Crippen molar-refractivity contribution in [2.45, 2.75) is 46.2 Å². The first-order valence-corrected chi connectivity index (χ1v) is 6.50. The fourth-order valence-corrected chi connectivity index (χ4v) is 2.02. The summed E-state index contributed by atoms with van der Waals surface area (Å²) < 4.78 is 1.90. The lowest BCUT2D eigenvalue weighted by molar-refractivity contribution is 0.247. The molecule has 0 saturated heterocycles. The van der Waals surface area contributed by atoms with Crippen molar-refractivity contribution in [2.24, 2.45) is 5.92 Å². The molecule has 0 aromatic carbocycles. The van der Waals surface area contributed by atoms with Crippen LogP contribution in [0.1, 0.15) is 38.9 Å². The molecular formula is C12H24N4O. The summed E-state index contributed by atoms with van der Waals surface area (Å²) in [6.07, 6.45) is 4.80. The van der Waals surface area contributed by atoms with Crippen LogP contribution in [-0.2, 0) is 13.1 Å². The molecule has 1 aromatic heterocycles. The quantitative estimate of drug-likeness (QED) is 0.680. The molecule has 1 unspecified atom stereocenters. The molecule has 0 aliphatic heterocycles. The molecule has 0 bridgehead atoms. The molecule has 0 fully saturated rings. The van der Waals surface area contributed by atoms with Gasteiger partial charge in [0, 0.05) is 13.2 Å². The number of aliphatic hydroxyl groups excluding tert-OH is 1. The smallest absolute Gasteiger partial charge is 0.140 e. The summed E-state index contributed by atoms with van der Waals surface area (Å²) in [4.78, 5) is 4.22. The first kappa shape index (κ1) is 14.1. The van der Waals surface area contributed by atoms with E-state index in [0.29, 0.717) is 5.92 Å². The zero-order valence-electron chi connectivity index (χ0n) is 10.9. The SMILES string of the molecule is CCCC(CCO)CNCc1ncnn1CC. The molecule has 1 atom stereocenters. The van der Waals surface area contributed by atoms with E-state index in [0.717, 1.165) is 44.7 Å². The minimum absolute atomic E-state index is 0.275. The predicted octanol–water partition coefficient (Wildman–Crippen LogP) is 1.19. The van der Waals surface area contributed by atoms with E-state index in [-0.39, 0.29) is 6.61 Å². The zero-order chi connectivity index (χ0) is 12.5. The standard InChI is InChI=1S/C12H24N4O/c1-3-5-11(6-7-17)8-13-9-12-14-10-15-16(12)4-2/h10-11,13,17H,3-9H2,1-2H3. The van der Waals surface area contributed by atoms with E-state index in [4.69, 9.17) is 5.11 Å². The number of hydrogen-bond acceptors (Lipinski definition) is 4. The number of rotatable bonds is 9. The van der Waals surface area contributed by atoms with Crippen molar-refractivity contribution >= 4 is 0 Å². The van der Waals surface area contributed by atoms with E-state index in [1.54, 1.807) is 6.33 Å². The first-order chi connectivity index (χ1) is 8.31. The number of nitrogens with zero attached hydrogens (tertiary/aromatic N) is 3. The largest absolute Gasteiger partial charge is 0.396 e. The Morgan fingerprint density at radius 3 is 2.88 bits per heavy atom. The number of aromatic nitrogens is 3. The Labute approximate surface area is 103 Å². The Kier molecular flexibility index (Phi) is 6.81. The molecule has 5 nitrogen and oxygen atoms in total. The molecular weight excluding hydrogens is 216 g/mol. The Morgan fingerprint density at radius 2 is 2.24 bits per heavy atom. The van der Waals surface area contributed by atoms with Crippen LogP contribution in [0.25, 0.3) is 0 Å². The van der Waals surface area contributed by atoms with E-state index in [2.05, 4.69) is 29.2 Å². The van der Waals surface area contributed by atoms with Gasteiger partial charge in [-0.25, -0.2) is 9.67 Å². The third kappa shape index (κ3) is 4.83. The van der Waals surface area contributed by atoms with Gasteiger partial charge in [-0.15, -0.1) is 0 Å². The molecule has 2 N–H and O–H groups in total. The van der Waals surface area contributed by atoms with Crippen LogP contribution in [0.15, 0.2) is 6.33 Å². The van der Waals surface area contributed by atoms with Crippen molar-refractivity contribution in [3.05, 3.63) is 12.2 Å². The van der Waals surface area contributed by atoms with Gasteiger partial charge in [0.05, 0.1) is 6.54 Å². The highest BCUT2D eigenvalue weighted by molar-refractivity contribution is 4.83. The highest BCUT2D eigenvalue weighted by Crippen LogP contribution is 2.09. The average Bonchev–Trinajstić information content (AvgIpc) is 2.77. The molecule has 0 saturated carbocycles. The fraction of sp³-hybridized carbons (Fsp3) is 0.833. The van der Waals surface area contributed by atoms with Crippen LogP contribution in [0.2, 0.25) is 0 Å². The molecule has 1 aromatic rings. The molecule has 0 radical (unpaired) electrons. The average molecular weight is 240 g/mol. The molecule has 5 heteroatoms. The maximum absolute atomic E-state index is 8.97. The number of aryl methyl sites for hydroxylation is 1. The Hall–Kier alpha value is -0.940.